The summed E-state index contributed by atoms with van der Waals surface area (Å²) in [4.78, 5) is 4.23. The molecule has 2 aliphatic heterocycles. The van der Waals surface area contributed by atoms with E-state index in [-0.39, 0.29) is 12.1 Å². The molecule has 3 rings (SSSR count). The number of benzene rings is 1. The van der Waals surface area contributed by atoms with Gasteiger partial charge in [0.05, 0.1) is 17.0 Å². The first-order valence-electron chi connectivity index (χ1n) is 11.8. The molecule has 0 bridgehead atoms. The molecule has 0 spiro atoms. The number of rotatable bonds is 7. The summed E-state index contributed by atoms with van der Waals surface area (Å²) in [6, 6.07) is 1.98. The lowest BCUT2D eigenvalue weighted by Crippen LogP contribution is -2.40. The number of hydrogen-bond acceptors (Lipinski definition) is 4. The van der Waals surface area contributed by atoms with Crippen LogP contribution in [0.5, 0.6) is 5.75 Å². The van der Waals surface area contributed by atoms with E-state index < -0.39 is 17.4 Å². The molecule has 182 valence electrons. The van der Waals surface area contributed by atoms with Gasteiger partial charge >= 0.3 is 0 Å². The third kappa shape index (κ3) is 5.44. The van der Waals surface area contributed by atoms with Crippen LogP contribution in [-0.4, -0.2) is 41.1 Å². The molecular weight excluding hydrogens is 432 g/mol. The normalized spacial score (nSPS) is 19.1. The second kappa shape index (κ2) is 11.2. The maximum absolute atomic E-state index is 14.5. The SMILES string of the molecule is C=C1NCCN(Cc2c(F)ccc(F)c2O)/C1=C(C)/C(=C\C)C(/C=C\C(=C)N1CCCC1)=C/C. The van der Waals surface area contributed by atoms with E-state index in [1.807, 2.05) is 37.8 Å². The van der Waals surface area contributed by atoms with Gasteiger partial charge in [0.1, 0.15) is 5.82 Å². The van der Waals surface area contributed by atoms with Crippen molar-refractivity contribution in [3.63, 3.8) is 0 Å². The van der Waals surface area contributed by atoms with Crippen LogP contribution >= 0.6 is 0 Å². The van der Waals surface area contributed by atoms with E-state index in [2.05, 4.69) is 35.5 Å². The predicted octanol–water partition coefficient (Wildman–Crippen LogP) is 5.92. The number of phenols is 1. The van der Waals surface area contributed by atoms with Gasteiger partial charge in [-0.25, -0.2) is 8.78 Å². The Morgan fingerprint density at radius 1 is 1.09 bits per heavy atom. The van der Waals surface area contributed by atoms with Crippen molar-refractivity contribution in [3.8, 4) is 5.75 Å². The van der Waals surface area contributed by atoms with Gasteiger partial charge in [0.15, 0.2) is 11.6 Å². The first kappa shape index (κ1) is 25.3. The number of aromatic hydroxyl groups is 1. The van der Waals surface area contributed by atoms with Crippen molar-refractivity contribution >= 4 is 0 Å². The molecule has 34 heavy (non-hydrogen) atoms. The van der Waals surface area contributed by atoms with E-state index >= 15 is 0 Å². The van der Waals surface area contributed by atoms with Crippen LogP contribution in [0.3, 0.4) is 0 Å². The van der Waals surface area contributed by atoms with Gasteiger partial charge in [-0.05, 0) is 68.5 Å². The molecule has 1 aromatic rings. The minimum atomic E-state index is -0.832. The van der Waals surface area contributed by atoms with Gasteiger partial charge in [0.25, 0.3) is 0 Å². The summed E-state index contributed by atoms with van der Waals surface area (Å²) < 4.78 is 28.4. The van der Waals surface area contributed by atoms with Crippen molar-refractivity contribution in [2.45, 2.75) is 40.2 Å². The molecule has 6 heteroatoms. The topological polar surface area (TPSA) is 38.7 Å². The van der Waals surface area contributed by atoms with Crippen LogP contribution in [0.1, 0.15) is 39.2 Å². The number of allylic oxidation sites excluding steroid dienone is 7. The maximum Gasteiger partial charge on any atom is 0.165 e. The average molecular weight is 468 g/mol. The molecule has 0 aliphatic carbocycles. The molecule has 2 N–H and O–H groups in total. The Labute approximate surface area is 202 Å². The first-order valence-corrected chi connectivity index (χ1v) is 11.8. The number of piperazine rings is 1. The van der Waals surface area contributed by atoms with Crippen molar-refractivity contribution in [2.24, 2.45) is 0 Å². The monoisotopic (exact) mass is 467 g/mol. The van der Waals surface area contributed by atoms with Crippen LogP contribution in [0.4, 0.5) is 8.78 Å². The first-order chi connectivity index (χ1) is 16.3. The number of nitrogens with zero attached hydrogens (tertiary/aromatic N) is 2. The zero-order valence-corrected chi connectivity index (χ0v) is 20.4. The van der Waals surface area contributed by atoms with E-state index in [0.717, 1.165) is 53.3 Å². The van der Waals surface area contributed by atoms with Crippen molar-refractivity contribution in [1.82, 2.24) is 15.1 Å². The minimum Gasteiger partial charge on any atom is -0.505 e. The zero-order chi connectivity index (χ0) is 24.8. The number of hydrogen-bond donors (Lipinski definition) is 2. The molecule has 2 fully saturated rings. The highest BCUT2D eigenvalue weighted by atomic mass is 19.1. The molecule has 1 aromatic carbocycles. The van der Waals surface area contributed by atoms with Crippen molar-refractivity contribution in [2.75, 3.05) is 26.2 Å². The average Bonchev–Trinajstić information content (AvgIpc) is 3.36. The Morgan fingerprint density at radius 2 is 1.76 bits per heavy atom. The van der Waals surface area contributed by atoms with Gasteiger partial charge in [0.2, 0.25) is 0 Å². The maximum atomic E-state index is 14.5. The predicted molar refractivity (Wildman–Crippen MR) is 135 cm³/mol. The Hall–Kier alpha value is -3.28. The van der Waals surface area contributed by atoms with Gasteiger partial charge in [-0.1, -0.05) is 31.4 Å². The van der Waals surface area contributed by atoms with Gasteiger partial charge in [-0.3, -0.25) is 0 Å². The molecule has 2 aliphatic rings. The highest BCUT2D eigenvalue weighted by Gasteiger charge is 2.25. The van der Waals surface area contributed by atoms with Crippen molar-refractivity contribution in [1.29, 1.82) is 0 Å². The lowest BCUT2D eigenvalue weighted by atomic mass is 9.94. The Bertz CT molecular complexity index is 1080. The quantitative estimate of drug-likeness (QED) is 0.488. The summed E-state index contributed by atoms with van der Waals surface area (Å²) >= 11 is 0. The van der Waals surface area contributed by atoms with E-state index in [0.29, 0.717) is 18.8 Å². The summed E-state index contributed by atoms with van der Waals surface area (Å²) in [5.74, 6) is -2.12. The van der Waals surface area contributed by atoms with Crippen LogP contribution in [0, 0.1) is 11.6 Å². The fourth-order valence-electron chi connectivity index (χ4n) is 4.64. The van der Waals surface area contributed by atoms with Gasteiger partial charge in [-0.2, -0.15) is 0 Å². The van der Waals surface area contributed by atoms with E-state index in [1.54, 1.807) is 0 Å². The number of nitrogens with one attached hydrogen (secondary N) is 1. The van der Waals surface area contributed by atoms with Crippen LogP contribution in [-0.2, 0) is 6.54 Å². The molecule has 2 saturated heterocycles. The van der Waals surface area contributed by atoms with Crippen LogP contribution in [0.2, 0.25) is 0 Å². The van der Waals surface area contributed by atoms with E-state index in [9.17, 15) is 13.9 Å². The number of likely N-dealkylation sites (tertiary alicyclic amines) is 1. The third-order valence-electron chi connectivity index (χ3n) is 6.48. The fraction of sp³-hybridized carbons (Fsp3) is 0.357. The molecule has 0 atom stereocenters. The lowest BCUT2D eigenvalue weighted by molar-refractivity contribution is 0.299. The molecule has 2 heterocycles. The fourth-order valence-corrected chi connectivity index (χ4v) is 4.64. The number of halogens is 2. The highest BCUT2D eigenvalue weighted by molar-refractivity contribution is 5.55. The molecule has 0 amide bonds. The summed E-state index contributed by atoms with van der Waals surface area (Å²) in [7, 11) is 0. The Morgan fingerprint density at radius 3 is 2.41 bits per heavy atom. The molecule has 0 radical (unpaired) electrons. The minimum absolute atomic E-state index is 0.0343. The van der Waals surface area contributed by atoms with Crippen LogP contribution < -0.4 is 5.32 Å². The number of phenolic OH excluding ortho intramolecular Hbond substituents is 1. The summed E-state index contributed by atoms with van der Waals surface area (Å²) in [5, 5.41) is 13.4. The standard InChI is InChI=1S/C28H35F2N3O/c1-6-22(11-10-19(3)32-15-8-9-16-32)23(7-2)20(4)27-21(5)31-14-17-33(27)18-24-25(29)12-13-26(30)28(24)34/h6-7,10-13,31,34H,3,5,8-9,14-18H2,1-2,4H3/b11-10-,22-6+,23-7+,27-20+. The van der Waals surface area contributed by atoms with E-state index in [4.69, 9.17) is 0 Å². The molecule has 0 aromatic heterocycles. The zero-order valence-electron chi connectivity index (χ0n) is 20.4. The lowest BCUT2D eigenvalue weighted by Gasteiger charge is -2.36. The summed E-state index contributed by atoms with van der Waals surface area (Å²) in [6.07, 6.45) is 10.6. The smallest absolute Gasteiger partial charge is 0.165 e. The Balaban J connectivity index is 1.94. The van der Waals surface area contributed by atoms with Crippen LogP contribution in [0.15, 0.2) is 83.4 Å². The Kier molecular flexibility index (Phi) is 8.37. The van der Waals surface area contributed by atoms with Crippen molar-refractivity contribution < 1.29 is 13.9 Å². The second-order valence-corrected chi connectivity index (χ2v) is 8.62. The van der Waals surface area contributed by atoms with Gasteiger partial charge in [-0.15, -0.1) is 0 Å². The second-order valence-electron chi connectivity index (χ2n) is 8.62. The largest absolute Gasteiger partial charge is 0.505 e. The molecule has 4 nitrogen and oxygen atoms in total. The third-order valence-corrected chi connectivity index (χ3v) is 6.48. The van der Waals surface area contributed by atoms with Crippen LogP contribution in [0.25, 0.3) is 0 Å². The van der Waals surface area contributed by atoms with Crippen molar-refractivity contribution in [3.05, 3.63) is 101 Å². The summed E-state index contributed by atoms with van der Waals surface area (Å²) in [6.45, 7) is 17.7. The molecule has 0 unspecified atom stereocenters. The molecular formula is C28H35F2N3O. The van der Waals surface area contributed by atoms with E-state index in [1.165, 1.54) is 12.8 Å². The highest BCUT2D eigenvalue weighted by Crippen LogP contribution is 2.33. The summed E-state index contributed by atoms with van der Waals surface area (Å²) in [5.41, 5.74) is 5.47. The molecule has 0 saturated carbocycles. The van der Waals surface area contributed by atoms with Gasteiger partial charge in [0, 0.05) is 38.4 Å². The van der Waals surface area contributed by atoms with Gasteiger partial charge < -0.3 is 20.2 Å².